The largest absolute Gasteiger partial charge is 0.307 e. The van der Waals surface area contributed by atoms with E-state index in [9.17, 15) is 0 Å². The van der Waals surface area contributed by atoms with Crippen LogP contribution in [0.25, 0.3) is 0 Å². The van der Waals surface area contributed by atoms with Gasteiger partial charge < -0.3 is 5.32 Å². The van der Waals surface area contributed by atoms with Crippen LogP contribution in [-0.2, 0) is 13.1 Å². The van der Waals surface area contributed by atoms with E-state index in [0.717, 1.165) is 27.7 Å². The minimum Gasteiger partial charge on any atom is -0.307 e. The molecule has 1 heterocycles. The first kappa shape index (κ1) is 15.4. The predicted molar refractivity (Wildman–Crippen MR) is 84.7 cm³/mol. The average Bonchev–Trinajstić information content (AvgIpc) is 2.56. The minimum absolute atomic E-state index is 0.558. The van der Waals surface area contributed by atoms with Gasteiger partial charge in [-0.25, -0.2) is 0 Å². The Kier molecular flexibility index (Phi) is 6.44. The maximum atomic E-state index is 4.51. The van der Waals surface area contributed by atoms with Crippen LogP contribution in [0.3, 0.4) is 0 Å². The highest BCUT2D eigenvalue weighted by molar-refractivity contribution is 14.1. The highest BCUT2D eigenvalue weighted by Crippen LogP contribution is 2.21. The van der Waals surface area contributed by atoms with Crippen molar-refractivity contribution in [1.82, 2.24) is 15.1 Å². The number of aromatic nitrogens is 2. The molecule has 1 atom stereocenters. The Labute approximate surface area is 126 Å². The van der Waals surface area contributed by atoms with Gasteiger partial charge in [-0.1, -0.05) is 36.4 Å². The van der Waals surface area contributed by atoms with Gasteiger partial charge in [0, 0.05) is 23.6 Å². The van der Waals surface area contributed by atoms with Crippen LogP contribution in [-0.4, -0.2) is 20.2 Å². The van der Waals surface area contributed by atoms with Gasteiger partial charge in [-0.05, 0) is 35.7 Å². The molecule has 3 nitrogen and oxygen atoms in total. The lowest BCUT2D eigenvalue weighted by molar-refractivity contribution is 0.426. The molecule has 0 amide bonds. The maximum absolute atomic E-state index is 4.51. The molecule has 0 aromatic carbocycles. The highest BCUT2D eigenvalue weighted by atomic mass is 127. The molecule has 1 rings (SSSR count). The van der Waals surface area contributed by atoms with Gasteiger partial charge in [-0.2, -0.15) is 5.10 Å². The van der Waals surface area contributed by atoms with Gasteiger partial charge in [0.25, 0.3) is 0 Å². The zero-order chi connectivity index (χ0) is 13.0. The fourth-order valence-corrected chi connectivity index (χ4v) is 3.49. The average molecular weight is 414 g/mol. The fourth-order valence-electron chi connectivity index (χ4n) is 1.73. The first-order valence-electron chi connectivity index (χ1n) is 6.02. The number of hydrogen-bond donors (Lipinski definition) is 1. The molecule has 0 saturated carbocycles. The summed E-state index contributed by atoms with van der Waals surface area (Å²) in [5, 5.41) is 8.12. The summed E-state index contributed by atoms with van der Waals surface area (Å²) in [6.07, 6.45) is 0. The lowest BCUT2D eigenvalue weighted by atomic mass is 10.1. The molecular formula is C12H21BrIN3. The predicted octanol–water partition coefficient (Wildman–Crippen LogP) is 3.52. The molecular weight excluding hydrogens is 393 g/mol. The Morgan fingerprint density at radius 1 is 1.47 bits per heavy atom. The molecule has 5 heteroatoms. The second-order valence-corrected chi connectivity index (χ2v) is 6.22. The zero-order valence-electron chi connectivity index (χ0n) is 10.9. The van der Waals surface area contributed by atoms with Crippen LogP contribution in [0.15, 0.2) is 4.47 Å². The van der Waals surface area contributed by atoms with Gasteiger partial charge in [0.05, 0.1) is 15.9 Å². The van der Waals surface area contributed by atoms with Gasteiger partial charge in [0.15, 0.2) is 0 Å². The third kappa shape index (κ3) is 3.92. The molecule has 1 aromatic rings. The Morgan fingerprint density at radius 3 is 2.59 bits per heavy atom. The quantitative estimate of drug-likeness (QED) is 0.571. The van der Waals surface area contributed by atoms with Crippen molar-refractivity contribution in [3.8, 4) is 0 Å². The van der Waals surface area contributed by atoms with E-state index in [1.54, 1.807) is 0 Å². The van der Waals surface area contributed by atoms with Crippen molar-refractivity contribution in [3.63, 3.8) is 0 Å². The van der Waals surface area contributed by atoms with Crippen molar-refractivity contribution < 1.29 is 0 Å². The first-order valence-corrected chi connectivity index (χ1v) is 8.34. The molecule has 0 aliphatic rings. The number of nitrogens with one attached hydrogen (secondary N) is 1. The molecule has 0 aliphatic carbocycles. The lowest BCUT2D eigenvalue weighted by Crippen LogP contribution is -2.35. The van der Waals surface area contributed by atoms with E-state index in [2.05, 4.69) is 74.4 Å². The van der Waals surface area contributed by atoms with Crippen LogP contribution < -0.4 is 5.32 Å². The third-order valence-corrected chi connectivity index (χ3v) is 4.94. The number of hydrogen-bond acceptors (Lipinski definition) is 2. The molecule has 0 bridgehead atoms. The van der Waals surface area contributed by atoms with Crippen molar-refractivity contribution in [1.29, 1.82) is 0 Å². The monoisotopic (exact) mass is 413 g/mol. The van der Waals surface area contributed by atoms with Crippen molar-refractivity contribution in [2.75, 3.05) is 4.43 Å². The van der Waals surface area contributed by atoms with E-state index in [1.807, 2.05) is 6.92 Å². The van der Waals surface area contributed by atoms with Crippen LogP contribution in [0.2, 0.25) is 0 Å². The second kappa shape index (κ2) is 7.09. The summed E-state index contributed by atoms with van der Waals surface area (Å²) in [6.45, 7) is 10.5. The van der Waals surface area contributed by atoms with Crippen molar-refractivity contribution in [2.45, 2.75) is 46.8 Å². The Bertz CT molecular complexity index is 363. The number of rotatable bonds is 6. The summed E-state index contributed by atoms with van der Waals surface area (Å²) in [5.41, 5.74) is 2.32. The number of aryl methyl sites for hydroxylation is 2. The molecule has 17 heavy (non-hydrogen) atoms. The Hall–Kier alpha value is 0.380. The summed E-state index contributed by atoms with van der Waals surface area (Å²) in [6, 6.07) is 0.558. The molecule has 0 radical (unpaired) electrons. The minimum atomic E-state index is 0.558. The molecule has 1 aromatic heterocycles. The van der Waals surface area contributed by atoms with E-state index in [4.69, 9.17) is 0 Å². The molecule has 0 fully saturated rings. The summed E-state index contributed by atoms with van der Waals surface area (Å²) in [4.78, 5) is 0. The van der Waals surface area contributed by atoms with Crippen molar-refractivity contribution in [3.05, 3.63) is 15.9 Å². The first-order chi connectivity index (χ1) is 8.01. The Morgan fingerprint density at radius 2 is 2.12 bits per heavy atom. The van der Waals surface area contributed by atoms with Crippen molar-refractivity contribution in [2.24, 2.45) is 5.92 Å². The summed E-state index contributed by atoms with van der Waals surface area (Å²) < 4.78 is 4.34. The SMILES string of the molecule is CCn1nc(C)c(Br)c1CNC(CI)C(C)C. The smallest absolute Gasteiger partial charge is 0.0739 e. The van der Waals surface area contributed by atoms with Crippen LogP contribution in [0.5, 0.6) is 0 Å². The topological polar surface area (TPSA) is 29.9 Å². The summed E-state index contributed by atoms with van der Waals surface area (Å²) in [5.74, 6) is 0.657. The van der Waals surface area contributed by atoms with Gasteiger partial charge in [-0.3, -0.25) is 4.68 Å². The van der Waals surface area contributed by atoms with Crippen LogP contribution in [0, 0.1) is 12.8 Å². The van der Waals surface area contributed by atoms with Gasteiger partial charge in [0.2, 0.25) is 0 Å². The molecule has 98 valence electrons. The summed E-state index contributed by atoms with van der Waals surface area (Å²) >= 11 is 6.07. The van der Waals surface area contributed by atoms with E-state index >= 15 is 0 Å². The molecule has 1 N–H and O–H groups in total. The lowest BCUT2D eigenvalue weighted by Gasteiger charge is -2.20. The van der Waals surface area contributed by atoms with Gasteiger partial charge in [-0.15, -0.1) is 0 Å². The van der Waals surface area contributed by atoms with E-state index in [0.29, 0.717) is 12.0 Å². The third-order valence-electron chi connectivity index (χ3n) is 2.96. The standard InChI is InChI=1S/C12H21BrIN3/c1-5-17-11(12(13)9(4)16-17)7-15-10(6-14)8(2)3/h8,10,15H,5-7H2,1-4H3. The normalized spacial score (nSPS) is 13.4. The molecule has 0 spiro atoms. The van der Waals surface area contributed by atoms with Crippen molar-refractivity contribution >= 4 is 38.5 Å². The van der Waals surface area contributed by atoms with E-state index in [1.165, 1.54) is 5.69 Å². The van der Waals surface area contributed by atoms with E-state index in [-0.39, 0.29) is 0 Å². The highest BCUT2D eigenvalue weighted by Gasteiger charge is 2.15. The molecule has 0 aliphatic heterocycles. The zero-order valence-corrected chi connectivity index (χ0v) is 14.7. The Balaban J connectivity index is 2.74. The van der Waals surface area contributed by atoms with Crippen LogP contribution in [0.4, 0.5) is 0 Å². The van der Waals surface area contributed by atoms with Gasteiger partial charge >= 0.3 is 0 Å². The fraction of sp³-hybridized carbons (Fsp3) is 0.750. The number of halogens is 2. The van der Waals surface area contributed by atoms with Crippen LogP contribution >= 0.6 is 38.5 Å². The number of alkyl halides is 1. The van der Waals surface area contributed by atoms with Crippen LogP contribution in [0.1, 0.15) is 32.2 Å². The maximum Gasteiger partial charge on any atom is 0.0739 e. The second-order valence-electron chi connectivity index (χ2n) is 4.55. The van der Waals surface area contributed by atoms with E-state index < -0.39 is 0 Å². The van der Waals surface area contributed by atoms with Gasteiger partial charge in [0.1, 0.15) is 0 Å². The summed E-state index contributed by atoms with van der Waals surface area (Å²) in [7, 11) is 0. The molecule has 1 unspecified atom stereocenters. The number of nitrogens with zero attached hydrogens (tertiary/aromatic N) is 2. The molecule has 0 saturated heterocycles.